The summed E-state index contributed by atoms with van der Waals surface area (Å²) in [6, 6.07) is 12.7. The van der Waals surface area contributed by atoms with Crippen molar-refractivity contribution in [1.82, 2.24) is 19.7 Å². The van der Waals surface area contributed by atoms with Gasteiger partial charge in [0.15, 0.2) is 9.84 Å². The minimum absolute atomic E-state index is 0.0993. The van der Waals surface area contributed by atoms with E-state index >= 15 is 8.78 Å². The second-order valence-corrected chi connectivity index (χ2v) is 13.0. The lowest BCUT2D eigenvalue weighted by molar-refractivity contribution is -0.0126. The Hall–Kier alpha value is -4.45. The lowest BCUT2D eigenvalue weighted by Gasteiger charge is -2.31. The first-order chi connectivity index (χ1) is 20.0. The molecular formula is C30H26F2N6O3S. The van der Waals surface area contributed by atoms with Crippen molar-refractivity contribution in [3.8, 4) is 0 Å². The molecule has 3 aromatic heterocycles. The van der Waals surface area contributed by atoms with Crippen LogP contribution in [0.3, 0.4) is 0 Å². The maximum absolute atomic E-state index is 15.0. The van der Waals surface area contributed by atoms with Gasteiger partial charge in [0.2, 0.25) is 0 Å². The number of amides is 1. The third-order valence-corrected chi connectivity index (χ3v) is 9.86. The average Bonchev–Trinajstić information content (AvgIpc) is 3.75. The Balaban J connectivity index is 1.37. The zero-order chi connectivity index (χ0) is 29.4. The summed E-state index contributed by atoms with van der Waals surface area (Å²) in [6.07, 6.45) is 4.37. The first-order valence-corrected chi connectivity index (χ1v) is 15.2. The number of sulfone groups is 1. The van der Waals surface area contributed by atoms with Gasteiger partial charge >= 0.3 is 0 Å². The maximum Gasteiger partial charge on any atom is 0.275 e. The Morgan fingerprint density at radius 2 is 1.93 bits per heavy atom. The van der Waals surface area contributed by atoms with Crippen LogP contribution in [0.4, 0.5) is 20.3 Å². The number of carbonyl (C=O) groups excluding carboxylic acids is 1. The Bertz CT molecular complexity index is 2020. The molecule has 4 heterocycles. The molecule has 12 heteroatoms. The van der Waals surface area contributed by atoms with Gasteiger partial charge in [-0.3, -0.25) is 14.5 Å². The van der Waals surface area contributed by atoms with Crippen LogP contribution in [-0.2, 0) is 29.4 Å². The number of nitrogens with two attached hydrogens (primary N) is 1. The van der Waals surface area contributed by atoms with E-state index in [1.165, 1.54) is 23.2 Å². The van der Waals surface area contributed by atoms with Crippen molar-refractivity contribution in [3.05, 3.63) is 83.3 Å². The number of aromatic nitrogens is 4. The minimum atomic E-state index is -4.10. The van der Waals surface area contributed by atoms with Crippen LogP contribution in [0.1, 0.15) is 52.4 Å². The van der Waals surface area contributed by atoms with Gasteiger partial charge in [0.25, 0.3) is 11.8 Å². The van der Waals surface area contributed by atoms with Gasteiger partial charge in [-0.25, -0.2) is 22.2 Å². The third kappa shape index (κ3) is 4.28. The van der Waals surface area contributed by atoms with Gasteiger partial charge in [0, 0.05) is 42.2 Å². The third-order valence-electron chi connectivity index (χ3n) is 8.06. The molecule has 0 bridgehead atoms. The summed E-state index contributed by atoms with van der Waals surface area (Å²) >= 11 is 0. The van der Waals surface area contributed by atoms with Crippen LogP contribution in [0, 0.1) is 0 Å². The standard InChI is InChI=1S/C30H26F2N6O3S/c1-37-26-20-9-5-17(13-24(20)36-28(33)21(26)15-35-37)16-38(29(39)19-8-10-23(34-14-19)18-6-7-18)25-4-2-3-22-27(25)42(40,41)12-11-30(22,31)32/h2-5,8-10,13-15,18H,6-7,11-12,16H2,1H3,(H2,33,36). The number of hydrogen-bond acceptors (Lipinski definition) is 7. The highest BCUT2D eigenvalue weighted by molar-refractivity contribution is 7.91. The zero-order valence-electron chi connectivity index (χ0n) is 22.6. The predicted octanol–water partition coefficient (Wildman–Crippen LogP) is 5.09. The van der Waals surface area contributed by atoms with E-state index in [9.17, 15) is 13.2 Å². The number of rotatable bonds is 5. The topological polar surface area (TPSA) is 124 Å². The second kappa shape index (κ2) is 9.28. The van der Waals surface area contributed by atoms with E-state index in [1.54, 1.807) is 42.2 Å². The van der Waals surface area contributed by atoms with Crippen molar-refractivity contribution >= 4 is 49.1 Å². The number of pyridine rings is 2. The van der Waals surface area contributed by atoms with Gasteiger partial charge in [-0.15, -0.1) is 0 Å². The molecule has 5 aromatic rings. The molecule has 1 amide bonds. The molecular weight excluding hydrogens is 562 g/mol. The van der Waals surface area contributed by atoms with Crippen LogP contribution in [0.25, 0.3) is 21.8 Å². The maximum atomic E-state index is 15.0. The number of nitrogens with zero attached hydrogens (tertiary/aromatic N) is 5. The molecule has 1 saturated carbocycles. The number of carbonyl (C=O) groups is 1. The summed E-state index contributed by atoms with van der Waals surface area (Å²) in [5, 5.41) is 5.78. The Labute approximate surface area is 239 Å². The van der Waals surface area contributed by atoms with Crippen molar-refractivity contribution < 1.29 is 22.0 Å². The SMILES string of the molecule is Cn1ncc2c(N)nc3cc(CN(C(=O)c4ccc(C5CC5)nc4)c4cccc5c4S(=O)(=O)CCC5(F)F)ccc3c21. The Morgan fingerprint density at radius 3 is 2.67 bits per heavy atom. The molecule has 0 unspecified atom stereocenters. The van der Waals surface area contributed by atoms with Gasteiger partial charge in [0.1, 0.15) is 5.82 Å². The fourth-order valence-corrected chi connectivity index (χ4v) is 7.49. The fraction of sp³-hybridized carbons (Fsp3) is 0.267. The molecule has 0 atom stereocenters. The Morgan fingerprint density at radius 1 is 1.12 bits per heavy atom. The minimum Gasteiger partial charge on any atom is -0.383 e. The van der Waals surface area contributed by atoms with E-state index in [0.29, 0.717) is 28.2 Å². The molecule has 42 heavy (non-hydrogen) atoms. The monoisotopic (exact) mass is 588 g/mol. The molecule has 9 nitrogen and oxygen atoms in total. The van der Waals surface area contributed by atoms with Gasteiger partial charge in [0.05, 0.1) is 51.1 Å². The van der Waals surface area contributed by atoms with Crippen LogP contribution in [0.15, 0.2) is 65.8 Å². The molecule has 2 N–H and O–H groups in total. The van der Waals surface area contributed by atoms with Crippen molar-refractivity contribution in [2.24, 2.45) is 7.05 Å². The highest BCUT2D eigenvalue weighted by atomic mass is 32.2. The molecule has 7 rings (SSSR count). The van der Waals surface area contributed by atoms with Gasteiger partial charge in [-0.2, -0.15) is 5.10 Å². The number of benzene rings is 2. The summed E-state index contributed by atoms with van der Waals surface area (Å²) in [5.41, 5.74) is 8.56. The number of hydrogen-bond donors (Lipinski definition) is 1. The molecule has 214 valence electrons. The average molecular weight is 589 g/mol. The van der Waals surface area contributed by atoms with Crippen molar-refractivity contribution in [3.63, 3.8) is 0 Å². The van der Waals surface area contributed by atoms with E-state index in [0.717, 1.165) is 35.5 Å². The zero-order valence-corrected chi connectivity index (χ0v) is 23.4. The summed E-state index contributed by atoms with van der Waals surface area (Å²) in [7, 11) is -2.30. The Kier molecular flexibility index (Phi) is 5.84. The number of halogens is 2. The van der Waals surface area contributed by atoms with Crippen LogP contribution in [0.5, 0.6) is 0 Å². The van der Waals surface area contributed by atoms with E-state index in [1.807, 2.05) is 6.07 Å². The highest BCUT2D eigenvalue weighted by Gasteiger charge is 2.45. The van der Waals surface area contributed by atoms with E-state index in [2.05, 4.69) is 15.1 Å². The van der Waals surface area contributed by atoms with Crippen LogP contribution >= 0.6 is 0 Å². The lowest BCUT2D eigenvalue weighted by Crippen LogP contribution is -2.35. The fourth-order valence-electron chi connectivity index (χ4n) is 5.71. The number of nitrogen functional groups attached to an aromatic ring is 1. The highest BCUT2D eigenvalue weighted by Crippen LogP contribution is 2.45. The van der Waals surface area contributed by atoms with Crippen molar-refractivity contribution in [2.75, 3.05) is 16.4 Å². The van der Waals surface area contributed by atoms with Gasteiger partial charge in [-0.05, 0) is 42.7 Å². The van der Waals surface area contributed by atoms with Crippen molar-refractivity contribution in [2.45, 2.75) is 42.5 Å². The first-order valence-electron chi connectivity index (χ1n) is 13.6. The normalized spacial score (nSPS) is 17.3. The van der Waals surface area contributed by atoms with E-state index in [4.69, 9.17) is 5.73 Å². The number of anilines is 2. The van der Waals surface area contributed by atoms with E-state index < -0.39 is 44.3 Å². The molecule has 1 fully saturated rings. The molecule has 2 aromatic carbocycles. The summed E-state index contributed by atoms with van der Waals surface area (Å²) in [4.78, 5) is 23.8. The van der Waals surface area contributed by atoms with Crippen LogP contribution in [0.2, 0.25) is 0 Å². The molecule has 0 saturated heterocycles. The quantitative estimate of drug-likeness (QED) is 0.303. The smallest absolute Gasteiger partial charge is 0.275 e. The number of aryl methyl sites for hydroxylation is 1. The number of fused-ring (bicyclic) bond motifs is 4. The van der Waals surface area contributed by atoms with Crippen LogP contribution < -0.4 is 10.6 Å². The van der Waals surface area contributed by atoms with Crippen molar-refractivity contribution in [1.29, 1.82) is 0 Å². The molecule has 0 radical (unpaired) electrons. The molecule has 2 aliphatic rings. The van der Waals surface area contributed by atoms with Gasteiger partial charge in [-0.1, -0.05) is 24.3 Å². The summed E-state index contributed by atoms with van der Waals surface area (Å²) in [6.45, 7) is -0.109. The van der Waals surface area contributed by atoms with E-state index in [-0.39, 0.29) is 17.8 Å². The molecule has 0 spiro atoms. The van der Waals surface area contributed by atoms with Crippen LogP contribution in [-0.4, -0.2) is 39.8 Å². The first kappa shape index (κ1) is 26.4. The summed E-state index contributed by atoms with van der Waals surface area (Å²) < 4.78 is 58.2. The predicted molar refractivity (Wildman–Crippen MR) is 154 cm³/mol. The van der Waals surface area contributed by atoms with Gasteiger partial charge < -0.3 is 10.6 Å². The second-order valence-electron chi connectivity index (χ2n) is 10.9. The summed E-state index contributed by atoms with van der Waals surface area (Å²) in [5.74, 6) is -3.96. The molecule has 1 aliphatic carbocycles. The number of alkyl halides is 2. The lowest BCUT2D eigenvalue weighted by atomic mass is 10.0. The largest absolute Gasteiger partial charge is 0.383 e. The molecule has 1 aliphatic heterocycles.